The van der Waals surface area contributed by atoms with E-state index in [1.54, 1.807) is 0 Å². The zero-order valence-electron chi connectivity index (χ0n) is 9.63. The molecule has 0 fully saturated rings. The van der Waals surface area contributed by atoms with Crippen LogP contribution in [0.2, 0.25) is 0 Å². The standard InChI is InChI=1S/C12H16O2.H2S/c1-9(13)14-11-7-5-10(6-8-11)12(2,3)4;/h5-8H,1-4H3;1H2. The summed E-state index contributed by atoms with van der Waals surface area (Å²) in [6, 6.07) is 7.61. The van der Waals surface area contributed by atoms with E-state index in [-0.39, 0.29) is 24.9 Å². The number of hydrogen-bond acceptors (Lipinski definition) is 2. The SMILES string of the molecule is CC(=O)Oc1ccc(C(C)(C)C)cc1.S. The number of esters is 1. The minimum Gasteiger partial charge on any atom is -0.427 e. The van der Waals surface area contributed by atoms with E-state index in [2.05, 4.69) is 20.8 Å². The maximum Gasteiger partial charge on any atom is 0.308 e. The van der Waals surface area contributed by atoms with Gasteiger partial charge in [-0.25, -0.2) is 0 Å². The van der Waals surface area contributed by atoms with E-state index in [9.17, 15) is 4.79 Å². The number of benzene rings is 1. The Morgan fingerprint density at radius 1 is 1.13 bits per heavy atom. The predicted octanol–water partition coefficient (Wildman–Crippen LogP) is 3.02. The summed E-state index contributed by atoms with van der Waals surface area (Å²) in [6.45, 7) is 7.84. The second-order valence-electron chi connectivity index (χ2n) is 4.37. The second kappa shape index (κ2) is 5.21. The van der Waals surface area contributed by atoms with Crippen molar-refractivity contribution in [3.05, 3.63) is 29.8 Å². The van der Waals surface area contributed by atoms with Gasteiger partial charge in [0, 0.05) is 6.92 Å². The molecule has 0 bridgehead atoms. The zero-order chi connectivity index (χ0) is 10.8. The van der Waals surface area contributed by atoms with E-state index >= 15 is 0 Å². The molecule has 0 aliphatic heterocycles. The van der Waals surface area contributed by atoms with Crippen LogP contribution < -0.4 is 4.74 Å². The summed E-state index contributed by atoms with van der Waals surface area (Å²) in [5.41, 5.74) is 1.36. The molecule has 0 N–H and O–H groups in total. The van der Waals surface area contributed by atoms with Gasteiger partial charge in [-0.3, -0.25) is 4.79 Å². The molecule has 0 aromatic heterocycles. The number of carbonyl (C=O) groups is 1. The van der Waals surface area contributed by atoms with E-state index in [1.807, 2.05) is 24.3 Å². The Morgan fingerprint density at radius 3 is 1.93 bits per heavy atom. The van der Waals surface area contributed by atoms with E-state index in [4.69, 9.17) is 4.74 Å². The summed E-state index contributed by atoms with van der Waals surface area (Å²) in [7, 11) is 0. The van der Waals surface area contributed by atoms with Crippen LogP contribution >= 0.6 is 13.5 Å². The summed E-state index contributed by atoms with van der Waals surface area (Å²) < 4.78 is 4.94. The Hall–Kier alpha value is -0.960. The van der Waals surface area contributed by atoms with Crippen LogP contribution in [0, 0.1) is 0 Å². The highest BCUT2D eigenvalue weighted by Crippen LogP contribution is 2.24. The molecule has 0 aliphatic carbocycles. The molecule has 2 nitrogen and oxygen atoms in total. The molecule has 0 amide bonds. The normalized spacial score (nSPS) is 10.4. The third-order valence-corrected chi connectivity index (χ3v) is 1.98. The van der Waals surface area contributed by atoms with Gasteiger partial charge in [-0.2, -0.15) is 13.5 Å². The lowest BCUT2D eigenvalue weighted by molar-refractivity contribution is -0.131. The predicted molar refractivity (Wildman–Crippen MR) is 66.8 cm³/mol. The molecule has 84 valence electrons. The van der Waals surface area contributed by atoms with Crippen LogP contribution in [0.15, 0.2) is 24.3 Å². The van der Waals surface area contributed by atoms with Gasteiger partial charge in [0.2, 0.25) is 0 Å². The summed E-state index contributed by atoms with van der Waals surface area (Å²) in [4.78, 5) is 10.7. The molecule has 0 heterocycles. The highest BCUT2D eigenvalue weighted by atomic mass is 32.1. The third-order valence-electron chi connectivity index (χ3n) is 1.98. The van der Waals surface area contributed by atoms with Crippen molar-refractivity contribution in [1.29, 1.82) is 0 Å². The van der Waals surface area contributed by atoms with Crippen molar-refractivity contribution in [3.63, 3.8) is 0 Å². The molecular formula is C12H18O2S. The maximum absolute atomic E-state index is 10.7. The van der Waals surface area contributed by atoms with Crippen LogP contribution in [0.4, 0.5) is 0 Å². The first-order chi connectivity index (χ1) is 6.39. The second-order valence-corrected chi connectivity index (χ2v) is 4.37. The summed E-state index contributed by atoms with van der Waals surface area (Å²) in [5, 5.41) is 0. The van der Waals surface area contributed by atoms with Crippen molar-refractivity contribution < 1.29 is 9.53 Å². The number of hydrogen-bond donors (Lipinski definition) is 0. The Bertz CT molecular complexity index is 322. The third kappa shape index (κ3) is 4.38. The Balaban J connectivity index is 0.00000196. The summed E-state index contributed by atoms with van der Waals surface area (Å²) in [5.74, 6) is 0.319. The lowest BCUT2D eigenvalue weighted by atomic mass is 9.87. The average molecular weight is 226 g/mol. The molecule has 0 radical (unpaired) electrons. The zero-order valence-corrected chi connectivity index (χ0v) is 10.6. The van der Waals surface area contributed by atoms with Crippen molar-refractivity contribution in [3.8, 4) is 5.75 Å². The van der Waals surface area contributed by atoms with E-state index < -0.39 is 0 Å². The Labute approximate surface area is 98.1 Å². The van der Waals surface area contributed by atoms with Crippen molar-refractivity contribution in [1.82, 2.24) is 0 Å². The summed E-state index contributed by atoms with van der Waals surface area (Å²) >= 11 is 0. The van der Waals surface area contributed by atoms with Crippen LogP contribution in [0.1, 0.15) is 33.3 Å². The van der Waals surface area contributed by atoms with Gasteiger partial charge >= 0.3 is 5.97 Å². The molecule has 1 rings (SSSR count). The van der Waals surface area contributed by atoms with Gasteiger partial charge in [0.1, 0.15) is 5.75 Å². The molecular weight excluding hydrogens is 208 g/mol. The topological polar surface area (TPSA) is 26.3 Å². The van der Waals surface area contributed by atoms with E-state index in [0.717, 1.165) is 0 Å². The fourth-order valence-electron chi connectivity index (χ4n) is 1.19. The Morgan fingerprint density at radius 2 is 1.60 bits per heavy atom. The van der Waals surface area contributed by atoms with E-state index in [0.29, 0.717) is 5.75 Å². The van der Waals surface area contributed by atoms with Crippen molar-refractivity contribution in [2.75, 3.05) is 0 Å². The average Bonchev–Trinajstić information content (AvgIpc) is 2.02. The fourth-order valence-corrected chi connectivity index (χ4v) is 1.19. The molecule has 0 saturated heterocycles. The molecule has 1 aromatic rings. The van der Waals surface area contributed by atoms with Gasteiger partial charge in [0.25, 0.3) is 0 Å². The van der Waals surface area contributed by atoms with Crippen LogP contribution in [0.5, 0.6) is 5.75 Å². The minimum absolute atomic E-state index is 0. The first-order valence-corrected chi connectivity index (χ1v) is 4.68. The monoisotopic (exact) mass is 226 g/mol. The van der Waals surface area contributed by atoms with Gasteiger partial charge in [0.05, 0.1) is 0 Å². The summed E-state index contributed by atoms with van der Waals surface area (Å²) in [6.07, 6.45) is 0. The first kappa shape index (κ1) is 14.0. The molecule has 0 atom stereocenters. The lowest BCUT2D eigenvalue weighted by Crippen LogP contribution is -2.10. The number of rotatable bonds is 1. The molecule has 15 heavy (non-hydrogen) atoms. The van der Waals surface area contributed by atoms with Gasteiger partial charge in [0.15, 0.2) is 0 Å². The molecule has 0 spiro atoms. The maximum atomic E-state index is 10.7. The molecule has 0 unspecified atom stereocenters. The molecule has 3 heteroatoms. The Kier molecular flexibility index (Phi) is 4.88. The molecule has 0 saturated carbocycles. The highest BCUT2D eigenvalue weighted by molar-refractivity contribution is 7.59. The van der Waals surface area contributed by atoms with Gasteiger partial charge in [-0.15, -0.1) is 0 Å². The molecule has 0 aliphatic rings. The lowest BCUT2D eigenvalue weighted by Gasteiger charge is -2.18. The quantitative estimate of drug-likeness (QED) is 0.543. The van der Waals surface area contributed by atoms with Crippen molar-refractivity contribution >= 4 is 19.5 Å². The fraction of sp³-hybridized carbons (Fsp3) is 0.417. The molecule has 1 aromatic carbocycles. The van der Waals surface area contributed by atoms with Crippen LogP contribution in [-0.2, 0) is 10.2 Å². The van der Waals surface area contributed by atoms with Crippen LogP contribution in [-0.4, -0.2) is 5.97 Å². The first-order valence-electron chi connectivity index (χ1n) is 4.68. The van der Waals surface area contributed by atoms with Gasteiger partial charge in [-0.05, 0) is 23.1 Å². The van der Waals surface area contributed by atoms with Crippen molar-refractivity contribution in [2.24, 2.45) is 0 Å². The number of carbonyl (C=O) groups excluding carboxylic acids is 1. The highest BCUT2D eigenvalue weighted by Gasteiger charge is 2.12. The largest absolute Gasteiger partial charge is 0.427 e. The van der Waals surface area contributed by atoms with Crippen molar-refractivity contribution in [2.45, 2.75) is 33.1 Å². The van der Waals surface area contributed by atoms with Crippen LogP contribution in [0.25, 0.3) is 0 Å². The smallest absolute Gasteiger partial charge is 0.308 e. The van der Waals surface area contributed by atoms with Gasteiger partial charge < -0.3 is 4.74 Å². The number of ether oxygens (including phenoxy) is 1. The van der Waals surface area contributed by atoms with E-state index in [1.165, 1.54) is 12.5 Å². The van der Waals surface area contributed by atoms with Gasteiger partial charge in [-0.1, -0.05) is 32.9 Å². The minimum atomic E-state index is -0.284. The van der Waals surface area contributed by atoms with Crippen LogP contribution in [0.3, 0.4) is 0 Å².